The molecule has 2 aromatic rings. The first kappa shape index (κ1) is 20.9. The van der Waals surface area contributed by atoms with Crippen LogP contribution in [0.4, 0.5) is 0 Å². The number of aliphatic hydroxyl groups is 1. The Morgan fingerprint density at radius 2 is 1.77 bits per heavy atom. The number of nitrogens with zero attached hydrogens (tertiary/aromatic N) is 2. The second-order valence-electron chi connectivity index (χ2n) is 8.62. The molecule has 0 radical (unpaired) electrons. The molecule has 0 bridgehead atoms. The van der Waals surface area contributed by atoms with Gasteiger partial charge >= 0.3 is 0 Å². The van der Waals surface area contributed by atoms with Crippen molar-refractivity contribution in [3.63, 3.8) is 0 Å². The Hall–Kier alpha value is -2.31. The molecule has 1 aromatic heterocycles. The molecule has 0 unspecified atom stereocenters. The van der Waals surface area contributed by atoms with Crippen LogP contribution in [-0.2, 0) is 6.54 Å². The number of fused-ring (bicyclic) bond motifs is 1. The predicted octanol–water partition coefficient (Wildman–Crippen LogP) is 3.37. The van der Waals surface area contributed by atoms with Gasteiger partial charge in [-0.1, -0.05) is 6.07 Å². The minimum atomic E-state index is -0.442. The molecule has 0 spiro atoms. The summed E-state index contributed by atoms with van der Waals surface area (Å²) in [6, 6.07) is 9.91. The highest BCUT2D eigenvalue weighted by Crippen LogP contribution is 2.39. The third kappa shape index (κ3) is 4.40. The van der Waals surface area contributed by atoms with Crippen molar-refractivity contribution in [2.75, 3.05) is 27.3 Å². The Bertz CT molecular complexity index is 888. The van der Waals surface area contributed by atoms with Crippen molar-refractivity contribution in [1.82, 2.24) is 9.88 Å². The van der Waals surface area contributed by atoms with Gasteiger partial charge in [-0.3, -0.25) is 9.88 Å². The summed E-state index contributed by atoms with van der Waals surface area (Å²) in [4.78, 5) is 6.95. The van der Waals surface area contributed by atoms with Gasteiger partial charge in [-0.25, -0.2) is 0 Å². The maximum Gasteiger partial charge on any atom is 0.141 e. The predicted molar refractivity (Wildman–Crippen MR) is 115 cm³/mol. The number of rotatable bonds is 6. The number of likely N-dealkylation sites (tertiary alicyclic amines) is 1. The number of pyridine rings is 1. The number of hydrogen-bond donors (Lipinski definition) is 1. The van der Waals surface area contributed by atoms with Crippen molar-refractivity contribution < 1.29 is 19.3 Å². The van der Waals surface area contributed by atoms with Crippen LogP contribution < -0.4 is 14.2 Å². The summed E-state index contributed by atoms with van der Waals surface area (Å²) in [5, 5.41) is 10.7. The molecule has 2 heterocycles. The number of aryl methyl sites for hydroxylation is 2. The van der Waals surface area contributed by atoms with Crippen molar-refractivity contribution in [1.29, 1.82) is 0 Å². The zero-order valence-electron chi connectivity index (χ0n) is 18.3. The maximum atomic E-state index is 10.7. The number of methoxy groups -OCH3 is 2. The number of ether oxygens (including phenoxy) is 3. The smallest absolute Gasteiger partial charge is 0.141 e. The Balaban J connectivity index is 1.41. The van der Waals surface area contributed by atoms with Crippen LogP contribution in [-0.4, -0.2) is 54.5 Å². The van der Waals surface area contributed by atoms with Crippen LogP contribution >= 0.6 is 0 Å². The highest BCUT2D eigenvalue weighted by atomic mass is 16.5. The SMILES string of the molecule is COc1ccc(CN2C[C@H]3C[C@@H](Oc4ccc(C)nc4C)[C@H](O)C[C@H]3C2)c(OC)c1. The molecule has 1 N–H and O–H groups in total. The first-order valence-electron chi connectivity index (χ1n) is 10.7. The van der Waals surface area contributed by atoms with Crippen LogP contribution in [0.2, 0.25) is 0 Å². The van der Waals surface area contributed by atoms with Crippen LogP contribution in [0, 0.1) is 25.7 Å². The van der Waals surface area contributed by atoms with Gasteiger partial charge in [0.25, 0.3) is 0 Å². The number of hydrogen-bond acceptors (Lipinski definition) is 6. The lowest BCUT2D eigenvalue weighted by Crippen LogP contribution is -2.42. The number of aliphatic hydroxyl groups excluding tert-OH is 1. The van der Waals surface area contributed by atoms with E-state index in [0.29, 0.717) is 11.8 Å². The lowest BCUT2D eigenvalue weighted by atomic mass is 9.78. The summed E-state index contributed by atoms with van der Waals surface area (Å²) in [5.74, 6) is 3.46. The zero-order chi connectivity index (χ0) is 21.3. The van der Waals surface area contributed by atoms with E-state index in [9.17, 15) is 5.11 Å². The minimum Gasteiger partial charge on any atom is -0.497 e. The van der Waals surface area contributed by atoms with E-state index in [2.05, 4.69) is 16.0 Å². The quantitative estimate of drug-likeness (QED) is 0.785. The van der Waals surface area contributed by atoms with Crippen molar-refractivity contribution in [3.8, 4) is 17.2 Å². The van der Waals surface area contributed by atoms with E-state index >= 15 is 0 Å². The molecule has 4 atom stereocenters. The van der Waals surface area contributed by atoms with Gasteiger partial charge in [0.15, 0.2) is 0 Å². The highest BCUT2D eigenvalue weighted by Gasteiger charge is 2.42. The van der Waals surface area contributed by atoms with Gasteiger partial charge in [0.05, 0.1) is 26.0 Å². The van der Waals surface area contributed by atoms with Gasteiger partial charge in [0, 0.05) is 37.0 Å². The standard InChI is InChI=1S/C24H32N2O4/c1-15-5-8-22(16(2)25-15)30-24-10-19-14-26(13-18(19)9-21(24)27)12-17-6-7-20(28-3)11-23(17)29-4/h5-8,11,18-19,21,24,27H,9-10,12-14H2,1-4H3/t18-,19+,21+,24+/m0/s1. The molecule has 6 nitrogen and oxygen atoms in total. The number of benzene rings is 1. The molecule has 1 aliphatic carbocycles. The van der Waals surface area contributed by atoms with E-state index in [1.165, 1.54) is 0 Å². The van der Waals surface area contributed by atoms with Crippen LogP contribution in [0.3, 0.4) is 0 Å². The van der Waals surface area contributed by atoms with E-state index in [4.69, 9.17) is 14.2 Å². The fraction of sp³-hybridized carbons (Fsp3) is 0.542. The van der Waals surface area contributed by atoms with Gasteiger partial charge in [-0.15, -0.1) is 0 Å². The molecule has 4 rings (SSSR count). The third-order valence-electron chi connectivity index (χ3n) is 6.50. The topological polar surface area (TPSA) is 64.1 Å². The van der Waals surface area contributed by atoms with Gasteiger partial charge < -0.3 is 19.3 Å². The summed E-state index contributed by atoms with van der Waals surface area (Å²) in [6.07, 6.45) is 1.03. The zero-order valence-corrected chi connectivity index (χ0v) is 18.3. The molecule has 1 aliphatic heterocycles. The van der Waals surface area contributed by atoms with E-state index in [1.54, 1.807) is 14.2 Å². The second kappa shape index (κ2) is 8.82. The Morgan fingerprint density at radius 1 is 1.00 bits per heavy atom. The molecule has 1 aromatic carbocycles. The Morgan fingerprint density at radius 3 is 2.47 bits per heavy atom. The number of aromatic nitrogens is 1. The van der Waals surface area contributed by atoms with Crippen LogP contribution in [0.25, 0.3) is 0 Å². The fourth-order valence-corrected chi connectivity index (χ4v) is 4.93. The van der Waals surface area contributed by atoms with Gasteiger partial charge in [0.2, 0.25) is 0 Å². The second-order valence-corrected chi connectivity index (χ2v) is 8.62. The summed E-state index contributed by atoms with van der Waals surface area (Å²) in [7, 11) is 3.36. The van der Waals surface area contributed by atoms with Crippen LogP contribution in [0.1, 0.15) is 29.8 Å². The molecule has 6 heteroatoms. The largest absolute Gasteiger partial charge is 0.497 e. The Labute approximate surface area is 178 Å². The third-order valence-corrected chi connectivity index (χ3v) is 6.50. The van der Waals surface area contributed by atoms with Crippen molar-refractivity contribution in [3.05, 3.63) is 47.3 Å². The average Bonchev–Trinajstić information content (AvgIpc) is 3.11. The molecule has 1 saturated carbocycles. The minimum absolute atomic E-state index is 0.176. The van der Waals surface area contributed by atoms with E-state index < -0.39 is 6.10 Å². The van der Waals surface area contributed by atoms with Crippen LogP contribution in [0.5, 0.6) is 17.2 Å². The summed E-state index contributed by atoms with van der Waals surface area (Å²) in [6.45, 7) is 6.77. The van der Waals surface area contributed by atoms with Crippen molar-refractivity contribution >= 4 is 0 Å². The normalized spacial score (nSPS) is 26.3. The molecule has 0 amide bonds. The molecule has 2 aliphatic rings. The highest BCUT2D eigenvalue weighted by molar-refractivity contribution is 5.40. The fourth-order valence-electron chi connectivity index (χ4n) is 4.93. The first-order chi connectivity index (χ1) is 14.5. The molecular formula is C24H32N2O4. The lowest BCUT2D eigenvalue weighted by Gasteiger charge is -2.35. The summed E-state index contributed by atoms with van der Waals surface area (Å²) >= 11 is 0. The maximum absolute atomic E-state index is 10.7. The lowest BCUT2D eigenvalue weighted by molar-refractivity contribution is -0.0236. The van der Waals surface area contributed by atoms with Gasteiger partial charge in [-0.05, 0) is 56.7 Å². The molecular weight excluding hydrogens is 380 g/mol. The van der Waals surface area contributed by atoms with Gasteiger partial charge in [-0.2, -0.15) is 0 Å². The van der Waals surface area contributed by atoms with E-state index in [1.807, 2.05) is 38.1 Å². The average molecular weight is 413 g/mol. The van der Waals surface area contributed by atoms with Gasteiger partial charge in [0.1, 0.15) is 23.4 Å². The molecule has 1 saturated heterocycles. The molecule has 30 heavy (non-hydrogen) atoms. The molecule has 2 fully saturated rings. The monoisotopic (exact) mass is 412 g/mol. The van der Waals surface area contributed by atoms with Crippen LogP contribution in [0.15, 0.2) is 30.3 Å². The molecule has 162 valence electrons. The Kier molecular flexibility index (Phi) is 6.16. The first-order valence-corrected chi connectivity index (χ1v) is 10.7. The van der Waals surface area contributed by atoms with Crippen molar-refractivity contribution in [2.24, 2.45) is 11.8 Å². The van der Waals surface area contributed by atoms with E-state index in [0.717, 1.165) is 66.7 Å². The summed E-state index contributed by atoms with van der Waals surface area (Å²) < 4.78 is 17.1. The van der Waals surface area contributed by atoms with E-state index in [-0.39, 0.29) is 6.10 Å². The van der Waals surface area contributed by atoms with Crippen molar-refractivity contribution in [2.45, 2.75) is 45.4 Å². The summed E-state index contributed by atoms with van der Waals surface area (Å²) in [5.41, 5.74) is 3.01.